The van der Waals surface area contributed by atoms with Crippen LogP contribution in [0.2, 0.25) is 0 Å². The minimum absolute atomic E-state index is 0.0551. The van der Waals surface area contributed by atoms with Gasteiger partial charge in [0.1, 0.15) is 17.8 Å². The molecule has 0 aromatic heterocycles. The number of ether oxygens (including phenoxy) is 1. The zero-order chi connectivity index (χ0) is 24.3. The summed E-state index contributed by atoms with van der Waals surface area (Å²) in [6.07, 6.45) is 1.29. The molecule has 9 heteroatoms. The van der Waals surface area contributed by atoms with E-state index in [1.165, 1.54) is 0 Å². The summed E-state index contributed by atoms with van der Waals surface area (Å²) >= 11 is 0. The van der Waals surface area contributed by atoms with Crippen molar-refractivity contribution >= 4 is 23.8 Å². The molecule has 0 bridgehead atoms. The Morgan fingerprint density at radius 1 is 1.12 bits per heavy atom. The second-order valence-electron chi connectivity index (χ2n) is 8.65. The van der Waals surface area contributed by atoms with E-state index in [4.69, 9.17) is 4.74 Å². The number of nitrogens with one attached hydrogen (secondary N) is 2. The lowest BCUT2D eigenvalue weighted by Gasteiger charge is -2.26. The summed E-state index contributed by atoms with van der Waals surface area (Å²) in [5.41, 5.74) is 0.143. The standard InChI is InChI=1S/C25H28N4O5/c1-25(18-10-12-19(34-2)13-11-18)23(32)29(24(33)27-25)16-21(30)26-20(17-7-4-3-5-8-17)15-28-14-6-9-22(28)31/h3-5,7-8,10-13,20H,6,9,14-16H2,1-2H3,(H,26,30)(H,27,33). The van der Waals surface area contributed by atoms with E-state index in [1.807, 2.05) is 30.3 Å². The van der Waals surface area contributed by atoms with E-state index in [2.05, 4.69) is 10.6 Å². The van der Waals surface area contributed by atoms with Crippen LogP contribution in [0.1, 0.15) is 36.9 Å². The highest BCUT2D eigenvalue weighted by Crippen LogP contribution is 2.30. The maximum Gasteiger partial charge on any atom is 0.325 e. The Morgan fingerprint density at radius 3 is 2.44 bits per heavy atom. The van der Waals surface area contributed by atoms with Crippen LogP contribution in [-0.4, -0.2) is 60.3 Å². The first kappa shape index (κ1) is 23.3. The van der Waals surface area contributed by atoms with Gasteiger partial charge in [-0.25, -0.2) is 4.79 Å². The van der Waals surface area contributed by atoms with Gasteiger partial charge in [0.15, 0.2) is 0 Å². The normalized spacial score (nSPS) is 20.9. The van der Waals surface area contributed by atoms with E-state index >= 15 is 0 Å². The molecule has 0 aliphatic carbocycles. The van der Waals surface area contributed by atoms with Crippen LogP contribution >= 0.6 is 0 Å². The fourth-order valence-corrected chi connectivity index (χ4v) is 4.38. The molecule has 2 aliphatic heterocycles. The summed E-state index contributed by atoms with van der Waals surface area (Å²) in [5, 5.41) is 5.61. The molecule has 4 rings (SSSR count). The van der Waals surface area contributed by atoms with Gasteiger partial charge in [-0.2, -0.15) is 0 Å². The number of hydrogen-bond donors (Lipinski definition) is 2. The molecule has 2 heterocycles. The molecule has 2 saturated heterocycles. The van der Waals surface area contributed by atoms with Gasteiger partial charge in [-0.05, 0) is 36.6 Å². The van der Waals surface area contributed by atoms with Crippen LogP contribution in [0.5, 0.6) is 5.75 Å². The zero-order valence-electron chi connectivity index (χ0n) is 19.2. The molecule has 34 heavy (non-hydrogen) atoms. The number of rotatable bonds is 8. The third-order valence-electron chi connectivity index (χ3n) is 6.36. The summed E-state index contributed by atoms with van der Waals surface area (Å²) in [4.78, 5) is 53.6. The SMILES string of the molecule is COc1ccc(C2(C)NC(=O)N(CC(=O)NC(CN3CCCC3=O)c3ccccc3)C2=O)cc1. The van der Waals surface area contributed by atoms with Gasteiger partial charge in [0.25, 0.3) is 5.91 Å². The predicted octanol–water partition coefficient (Wildman–Crippen LogP) is 1.94. The Morgan fingerprint density at radius 2 is 1.82 bits per heavy atom. The second kappa shape index (κ2) is 9.54. The number of methoxy groups -OCH3 is 1. The highest BCUT2D eigenvalue weighted by molar-refractivity contribution is 6.09. The first-order valence-electron chi connectivity index (χ1n) is 11.2. The van der Waals surface area contributed by atoms with Gasteiger partial charge in [-0.1, -0.05) is 42.5 Å². The molecule has 0 spiro atoms. The summed E-state index contributed by atoms with van der Waals surface area (Å²) in [7, 11) is 1.54. The maximum absolute atomic E-state index is 13.2. The van der Waals surface area contributed by atoms with E-state index < -0.39 is 36.0 Å². The topological polar surface area (TPSA) is 108 Å². The number of carbonyl (C=O) groups is 4. The largest absolute Gasteiger partial charge is 0.497 e. The van der Waals surface area contributed by atoms with Crippen molar-refractivity contribution in [1.29, 1.82) is 0 Å². The Kier molecular flexibility index (Phi) is 6.54. The minimum Gasteiger partial charge on any atom is -0.497 e. The monoisotopic (exact) mass is 464 g/mol. The van der Waals surface area contributed by atoms with Crippen LogP contribution in [0.3, 0.4) is 0 Å². The molecule has 0 radical (unpaired) electrons. The van der Waals surface area contributed by atoms with Crippen LogP contribution in [0.25, 0.3) is 0 Å². The van der Waals surface area contributed by atoms with Crippen molar-refractivity contribution in [2.75, 3.05) is 26.7 Å². The number of urea groups is 1. The van der Waals surface area contributed by atoms with Crippen molar-refractivity contribution in [3.05, 3.63) is 65.7 Å². The Balaban J connectivity index is 1.47. The fraction of sp³-hybridized carbons (Fsp3) is 0.360. The molecule has 178 valence electrons. The van der Waals surface area contributed by atoms with Crippen LogP contribution in [0.15, 0.2) is 54.6 Å². The highest BCUT2D eigenvalue weighted by atomic mass is 16.5. The molecule has 2 aliphatic rings. The number of benzene rings is 2. The van der Waals surface area contributed by atoms with E-state index in [0.717, 1.165) is 16.9 Å². The van der Waals surface area contributed by atoms with Crippen molar-refractivity contribution in [3.8, 4) is 5.75 Å². The number of hydrogen-bond acceptors (Lipinski definition) is 5. The maximum atomic E-state index is 13.2. The van der Waals surface area contributed by atoms with Crippen molar-refractivity contribution in [3.63, 3.8) is 0 Å². The van der Waals surface area contributed by atoms with Crippen molar-refractivity contribution in [2.24, 2.45) is 0 Å². The third kappa shape index (κ3) is 4.59. The lowest BCUT2D eigenvalue weighted by Crippen LogP contribution is -2.45. The summed E-state index contributed by atoms with van der Waals surface area (Å²) < 4.78 is 5.15. The van der Waals surface area contributed by atoms with E-state index in [1.54, 1.807) is 43.2 Å². The Hall–Kier alpha value is -3.88. The van der Waals surface area contributed by atoms with E-state index in [0.29, 0.717) is 30.8 Å². The summed E-state index contributed by atoms with van der Waals surface area (Å²) in [6, 6.07) is 15.1. The minimum atomic E-state index is -1.29. The molecule has 2 fully saturated rings. The third-order valence-corrected chi connectivity index (χ3v) is 6.36. The van der Waals surface area contributed by atoms with Crippen molar-refractivity contribution in [2.45, 2.75) is 31.3 Å². The zero-order valence-corrected chi connectivity index (χ0v) is 19.2. The van der Waals surface area contributed by atoms with Crippen LogP contribution in [0.4, 0.5) is 4.79 Å². The second-order valence-corrected chi connectivity index (χ2v) is 8.65. The smallest absolute Gasteiger partial charge is 0.325 e. The fourth-order valence-electron chi connectivity index (χ4n) is 4.38. The molecule has 2 aromatic carbocycles. The van der Waals surface area contributed by atoms with Crippen LogP contribution in [0, 0.1) is 0 Å². The van der Waals surface area contributed by atoms with Gasteiger partial charge in [0.2, 0.25) is 11.8 Å². The number of carbonyl (C=O) groups excluding carboxylic acids is 4. The van der Waals surface area contributed by atoms with Gasteiger partial charge >= 0.3 is 6.03 Å². The average molecular weight is 465 g/mol. The molecule has 2 aromatic rings. The first-order chi connectivity index (χ1) is 16.3. The van der Waals surface area contributed by atoms with Gasteiger partial charge in [0, 0.05) is 19.5 Å². The number of amides is 5. The predicted molar refractivity (Wildman–Crippen MR) is 124 cm³/mol. The highest BCUT2D eigenvalue weighted by Gasteiger charge is 2.49. The van der Waals surface area contributed by atoms with Gasteiger partial charge in [0.05, 0.1) is 13.2 Å². The molecule has 2 atom stereocenters. The quantitative estimate of drug-likeness (QED) is 0.581. The van der Waals surface area contributed by atoms with E-state index in [-0.39, 0.29) is 5.91 Å². The lowest BCUT2D eigenvalue weighted by molar-refractivity contribution is -0.135. The summed E-state index contributed by atoms with van der Waals surface area (Å²) in [6.45, 7) is 2.16. The molecule has 2 N–H and O–H groups in total. The molecule has 9 nitrogen and oxygen atoms in total. The lowest BCUT2D eigenvalue weighted by atomic mass is 9.92. The number of likely N-dealkylation sites (tertiary alicyclic amines) is 1. The molecular weight excluding hydrogens is 436 g/mol. The van der Waals surface area contributed by atoms with Crippen molar-refractivity contribution < 1.29 is 23.9 Å². The molecular formula is C25H28N4O5. The average Bonchev–Trinajstić information content (AvgIpc) is 3.34. The van der Waals surface area contributed by atoms with Crippen molar-refractivity contribution in [1.82, 2.24) is 20.4 Å². The number of nitrogens with zero attached hydrogens (tertiary/aromatic N) is 2. The number of imide groups is 1. The van der Waals surface area contributed by atoms with Gasteiger partial charge < -0.3 is 20.3 Å². The molecule has 5 amide bonds. The molecule has 2 unspecified atom stereocenters. The van der Waals surface area contributed by atoms with E-state index in [9.17, 15) is 19.2 Å². The van der Waals surface area contributed by atoms with Gasteiger partial charge in [-0.3, -0.25) is 19.3 Å². The van der Waals surface area contributed by atoms with Gasteiger partial charge in [-0.15, -0.1) is 0 Å². The van der Waals surface area contributed by atoms with Crippen LogP contribution in [-0.2, 0) is 19.9 Å². The van der Waals surface area contributed by atoms with Crippen LogP contribution < -0.4 is 15.4 Å². The molecule has 0 saturated carbocycles. The summed E-state index contributed by atoms with van der Waals surface area (Å²) in [5.74, 6) is -0.310. The Bertz CT molecular complexity index is 1090. The first-order valence-corrected chi connectivity index (χ1v) is 11.2. The Labute approximate surface area is 198 Å².